The zero-order chi connectivity index (χ0) is 22.8. The Morgan fingerprint density at radius 2 is 1.64 bits per heavy atom. The zero-order valence-corrected chi connectivity index (χ0v) is 18.6. The lowest BCUT2D eigenvalue weighted by atomic mass is 10.1. The molecule has 3 aromatic carbocycles. The molecule has 33 heavy (non-hydrogen) atoms. The van der Waals surface area contributed by atoms with Crippen molar-refractivity contribution in [3.63, 3.8) is 0 Å². The van der Waals surface area contributed by atoms with Gasteiger partial charge in [-0.05, 0) is 30.7 Å². The second-order valence-corrected chi connectivity index (χ2v) is 8.13. The van der Waals surface area contributed by atoms with Crippen LogP contribution < -0.4 is 10.9 Å². The molecular formula is C26H20ClN5O. The Bertz CT molecular complexity index is 1500. The molecule has 5 aromatic rings. The number of nitrogens with zero attached hydrogens (tertiary/aromatic N) is 3. The monoisotopic (exact) mass is 453 g/mol. The molecule has 0 spiro atoms. The molecule has 2 heterocycles. The fourth-order valence-electron chi connectivity index (χ4n) is 3.76. The number of aromatic amines is 1. The summed E-state index contributed by atoms with van der Waals surface area (Å²) in [6.45, 7) is 1.83. The van der Waals surface area contributed by atoms with Crippen molar-refractivity contribution in [1.29, 1.82) is 0 Å². The van der Waals surface area contributed by atoms with E-state index < -0.39 is 0 Å². The van der Waals surface area contributed by atoms with Gasteiger partial charge in [0.15, 0.2) is 0 Å². The summed E-state index contributed by atoms with van der Waals surface area (Å²) in [6, 6.07) is 25.2. The van der Waals surface area contributed by atoms with E-state index in [9.17, 15) is 4.79 Å². The van der Waals surface area contributed by atoms with Crippen LogP contribution in [0.1, 0.15) is 16.8 Å². The summed E-state index contributed by atoms with van der Waals surface area (Å²) >= 11 is 6.23. The van der Waals surface area contributed by atoms with Gasteiger partial charge in [0, 0.05) is 28.0 Å². The van der Waals surface area contributed by atoms with E-state index in [1.807, 2.05) is 79.7 Å². The van der Waals surface area contributed by atoms with Gasteiger partial charge in [0.1, 0.15) is 0 Å². The first-order valence-electron chi connectivity index (χ1n) is 10.5. The Balaban J connectivity index is 1.53. The second kappa shape index (κ2) is 8.84. The molecule has 2 aromatic heterocycles. The van der Waals surface area contributed by atoms with Crippen LogP contribution in [0.5, 0.6) is 0 Å². The van der Waals surface area contributed by atoms with E-state index in [1.165, 1.54) is 0 Å². The molecule has 0 bridgehead atoms. The van der Waals surface area contributed by atoms with Crippen molar-refractivity contribution in [2.75, 3.05) is 5.32 Å². The van der Waals surface area contributed by atoms with Crippen molar-refractivity contribution in [2.24, 2.45) is 0 Å². The summed E-state index contributed by atoms with van der Waals surface area (Å²) in [5.74, 6) is 0.628. The van der Waals surface area contributed by atoms with Gasteiger partial charge in [-0.2, -0.15) is 0 Å². The van der Waals surface area contributed by atoms with Crippen molar-refractivity contribution in [1.82, 2.24) is 19.9 Å². The highest BCUT2D eigenvalue weighted by Crippen LogP contribution is 2.29. The fraction of sp³-hybridized carbons (Fsp3) is 0.0769. The highest BCUT2D eigenvalue weighted by molar-refractivity contribution is 6.31. The van der Waals surface area contributed by atoms with Gasteiger partial charge < -0.3 is 0 Å². The van der Waals surface area contributed by atoms with Crippen LogP contribution in [0.2, 0.25) is 5.02 Å². The van der Waals surface area contributed by atoms with E-state index in [-0.39, 0.29) is 5.56 Å². The van der Waals surface area contributed by atoms with Crippen LogP contribution in [0.4, 0.5) is 11.9 Å². The Hall–Kier alpha value is -4.03. The normalized spacial score (nSPS) is 11.0. The predicted octanol–water partition coefficient (Wildman–Crippen LogP) is 5.68. The molecule has 0 aliphatic carbocycles. The van der Waals surface area contributed by atoms with Gasteiger partial charge in [0.05, 0.1) is 16.9 Å². The minimum atomic E-state index is -0.190. The van der Waals surface area contributed by atoms with Crippen LogP contribution in [0, 0.1) is 6.92 Å². The number of halogens is 1. The van der Waals surface area contributed by atoms with Gasteiger partial charge in [-0.25, -0.2) is 15.0 Å². The molecule has 162 valence electrons. The summed E-state index contributed by atoms with van der Waals surface area (Å²) < 4.78 is 0. The standard InChI is InChI=1S/C26H20ClN5O/c1-16-20(14-17-8-4-2-5-9-17)24(33)31-25(28-16)32-26-29-22-13-12-19(27)15-21(22)23(30-26)18-10-6-3-7-11-18/h2-13,15H,14H2,1H3,(H2,28,29,30,31,32,33). The third-order valence-electron chi connectivity index (χ3n) is 5.38. The first-order chi connectivity index (χ1) is 16.1. The number of aromatic nitrogens is 4. The molecule has 0 unspecified atom stereocenters. The van der Waals surface area contributed by atoms with Crippen LogP contribution in [0.15, 0.2) is 83.7 Å². The van der Waals surface area contributed by atoms with Gasteiger partial charge in [0.2, 0.25) is 11.9 Å². The number of rotatable bonds is 5. The van der Waals surface area contributed by atoms with Crippen molar-refractivity contribution in [2.45, 2.75) is 13.3 Å². The molecule has 0 atom stereocenters. The van der Waals surface area contributed by atoms with Gasteiger partial charge >= 0.3 is 0 Å². The maximum Gasteiger partial charge on any atom is 0.256 e. The molecule has 2 N–H and O–H groups in total. The summed E-state index contributed by atoms with van der Waals surface area (Å²) in [6.07, 6.45) is 0.515. The van der Waals surface area contributed by atoms with Crippen LogP contribution in [0.25, 0.3) is 22.2 Å². The molecule has 0 amide bonds. The molecule has 0 aliphatic rings. The Morgan fingerprint density at radius 1 is 0.909 bits per heavy atom. The number of fused-ring (bicyclic) bond motifs is 1. The predicted molar refractivity (Wildman–Crippen MR) is 132 cm³/mol. The number of H-pyrrole nitrogens is 1. The maximum absolute atomic E-state index is 12.8. The molecular weight excluding hydrogens is 434 g/mol. The van der Waals surface area contributed by atoms with E-state index in [0.717, 1.165) is 27.7 Å². The second-order valence-electron chi connectivity index (χ2n) is 7.69. The molecule has 0 radical (unpaired) electrons. The van der Waals surface area contributed by atoms with Gasteiger partial charge in [0.25, 0.3) is 5.56 Å². The molecule has 7 heteroatoms. The van der Waals surface area contributed by atoms with E-state index >= 15 is 0 Å². The number of benzene rings is 3. The van der Waals surface area contributed by atoms with Crippen molar-refractivity contribution in [3.8, 4) is 11.3 Å². The quantitative estimate of drug-likeness (QED) is 0.358. The summed E-state index contributed by atoms with van der Waals surface area (Å²) in [5, 5.41) is 4.53. The highest BCUT2D eigenvalue weighted by Gasteiger charge is 2.13. The topological polar surface area (TPSA) is 83.6 Å². The van der Waals surface area contributed by atoms with Crippen molar-refractivity contribution in [3.05, 3.63) is 111 Å². The molecule has 0 aliphatic heterocycles. The van der Waals surface area contributed by atoms with Gasteiger partial charge in [-0.3, -0.25) is 15.1 Å². The number of hydrogen-bond donors (Lipinski definition) is 2. The summed E-state index contributed by atoms with van der Waals surface area (Å²) in [7, 11) is 0. The zero-order valence-electron chi connectivity index (χ0n) is 17.8. The average Bonchev–Trinajstić information content (AvgIpc) is 2.82. The van der Waals surface area contributed by atoms with E-state index in [1.54, 1.807) is 6.07 Å². The molecule has 5 rings (SSSR count). The summed E-state index contributed by atoms with van der Waals surface area (Å²) in [5.41, 5.74) is 4.56. The van der Waals surface area contributed by atoms with Crippen LogP contribution >= 0.6 is 11.6 Å². The number of hydrogen-bond acceptors (Lipinski definition) is 5. The Morgan fingerprint density at radius 3 is 2.36 bits per heavy atom. The van der Waals surface area contributed by atoms with Crippen molar-refractivity contribution < 1.29 is 0 Å². The molecule has 6 nitrogen and oxygen atoms in total. The number of aryl methyl sites for hydroxylation is 1. The molecule has 0 saturated carbocycles. The minimum Gasteiger partial charge on any atom is -0.294 e. The highest BCUT2D eigenvalue weighted by atomic mass is 35.5. The lowest BCUT2D eigenvalue weighted by Crippen LogP contribution is -2.19. The number of anilines is 2. The van der Waals surface area contributed by atoms with E-state index in [4.69, 9.17) is 16.6 Å². The SMILES string of the molecule is Cc1nc(Nc2nc(-c3ccccc3)c3cc(Cl)ccc3n2)[nH]c(=O)c1Cc1ccccc1. The first-order valence-corrected chi connectivity index (χ1v) is 10.9. The smallest absolute Gasteiger partial charge is 0.256 e. The first kappa shape index (κ1) is 20.8. The molecule has 0 saturated heterocycles. The molecule has 0 fully saturated rings. The number of nitrogens with one attached hydrogen (secondary N) is 2. The van der Waals surface area contributed by atoms with Crippen LogP contribution in [-0.4, -0.2) is 19.9 Å². The Labute approximate surface area is 195 Å². The van der Waals surface area contributed by atoms with E-state index in [2.05, 4.69) is 20.3 Å². The fourth-order valence-corrected chi connectivity index (χ4v) is 3.93. The van der Waals surface area contributed by atoms with Gasteiger partial charge in [-0.15, -0.1) is 0 Å². The average molecular weight is 454 g/mol. The van der Waals surface area contributed by atoms with Gasteiger partial charge in [-0.1, -0.05) is 72.3 Å². The lowest BCUT2D eigenvalue weighted by molar-refractivity contribution is 0.980. The lowest BCUT2D eigenvalue weighted by Gasteiger charge is -2.12. The Kier molecular flexibility index (Phi) is 5.59. The largest absolute Gasteiger partial charge is 0.294 e. The maximum atomic E-state index is 12.8. The van der Waals surface area contributed by atoms with Crippen LogP contribution in [0.3, 0.4) is 0 Å². The summed E-state index contributed by atoms with van der Waals surface area (Å²) in [4.78, 5) is 29.5. The minimum absolute atomic E-state index is 0.190. The third kappa shape index (κ3) is 4.47. The van der Waals surface area contributed by atoms with E-state index in [0.29, 0.717) is 34.6 Å². The van der Waals surface area contributed by atoms with Crippen LogP contribution in [-0.2, 0) is 6.42 Å². The third-order valence-corrected chi connectivity index (χ3v) is 5.62. The van der Waals surface area contributed by atoms with Crippen molar-refractivity contribution >= 4 is 34.4 Å².